The molecule has 0 aliphatic carbocycles. The molecule has 9 heavy (non-hydrogen) atoms. The van der Waals surface area contributed by atoms with E-state index in [-0.39, 0.29) is 4.08 Å². The zero-order valence-corrected chi connectivity index (χ0v) is 8.23. The Morgan fingerprint density at radius 2 is 2.00 bits per heavy atom. The van der Waals surface area contributed by atoms with Crippen LogP contribution < -0.4 is 0 Å². The summed E-state index contributed by atoms with van der Waals surface area (Å²) in [6.45, 7) is 8.63. The maximum Gasteiger partial charge on any atom is 0.0686 e. The van der Waals surface area contributed by atoms with E-state index in [1.807, 2.05) is 11.8 Å². The summed E-state index contributed by atoms with van der Waals surface area (Å²) in [7, 11) is 0. The molecule has 0 rings (SSSR count). The third-order valence-electron chi connectivity index (χ3n) is 1.13. The highest BCUT2D eigenvalue weighted by atomic mass is 32.2. The molecular formula is C7H15S2. The lowest BCUT2D eigenvalue weighted by molar-refractivity contribution is 0.845. The lowest BCUT2D eigenvalue weighted by Crippen LogP contribution is -2.12. The van der Waals surface area contributed by atoms with Crippen LogP contribution in [-0.4, -0.2) is 9.33 Å². The molecule has 0 amide bonds. The van der Waals surface area contributed by atoms with Gasteiger partial charge in [-0.15, -0.1) is 11.8 Å². The molecule has 0 aliphatic heterocycles. The summed E-state index contributed by atoms with van der Waals surface area (Å²) < 4.78 is 0.0637. The van der Waals surface area contributed by atoms with E-state index in [2.05, 4.69) is 27.7 Å². The van der Waals surface area contributed by atoms with Crippen molar-refractivity contribution in [3.8, 4) is 0 Å². The predicted molar refractivity (Wildman–Crippen MR) is 49.0 cm³/mol. The molecule has 0 aromatic heterocycles. The summed E-state index contributed by atoms with van der Waals surface area (Å²) in [6.07, 6.45) is 1.07. The summed E-state index contributed by atoms with van der Waals surface area (Å²) in [6, 6.07) is 0. The van der Waals surface area contributed by atoms with Crippen LogP contribution in [0.4, 0.5) is 0 Å². The van der Waals surface area contributed by atoms with Gasteiger partial charge in [0.05, 0.1) is 4.08 Å². The Bertz CT molecular complexity index is 77.0. The standard InChI is InChI=1S/C7H15S2/c1-5-7(4,8)9-6(2)3/h6H,5H2,1-4H3. The molecule has 0 aromatic rings. The van der Waals surface area contributed by atoms with E-state index < -0.39 is 0 Å². The normalized spacial score (nSPS) is 18.0. The molecule has 1 radical (unpaired) electrons. The van der Waals surface area contributed by atoms with E-state index in [1.165, 1.54) is 0 Å². The Kier molecular flexibility index (Phi) is 4.06. The van der Waals surface area contributed by atoms with Crippen LogP contribution in [0.15, 0.2) is 0 Å². The van der Waals surface area contributed by atoms with Crippen molar-refractivity contribution in [2.45, 2.75) is 43.4 Å². The van der Waals surface area contributed by atoms with Crippen molar-refractivity contribution in [2.24, 2.45) is 0 Å². The monoisotopic (exact) mass is 163 g/mol. The van der Waals surface area contributed by atoms with E-state index in [9.17, 15) is 0 Å². The summed E-state index contributed by atoms with van der Waals surface area (Å²) >= 11 is 7.16. The first-order chi connectivity index (χ1) is 3.98. The van der Waals surface area contributed by atoms with Gasteiger partial charge in [-0.1, -0.05) is 33.4 Å². The van der Waals surface area contributed by atoms with Gasteiger partial charge in [0, 0.05) is 5.25 Å². The average molecular weight is 163 g/mol. The van der Waals surface area contributed by atoms with Gasteiger partial charge in [0.15, 0.2) is 0 Å². The Morgan fingerprint density at radius 1 is 1.56 bits per heavy atom. The Morgan fingerprint density at radius 3 is 2.11 bits per heavy atom. The molecule has 0 aliphatic rings. The fourth-order valence-electron chi connectivity index (χ4n) is 0.582. The minimum Gasteiger partial charge on any atom is -0.141 e. The van der Waals surface area contributed by atoms with Gasteiger partial charge in [0.25, 0.3) is 0 Å². The molecule has 0 heterocycles. The van der Waals surface area contributed by atoms with Gasteiger partial charge < -0.3 is 0 Å². The summed E-state index contributed by atoms with van der Waals surface area (Å²) in [5.41, 5.74) is 0. The minimum absolute atomic E-state index is 0.0637. The molecule has 0 bridgehead atoms. The number of hydrogen-bond acceptors (Lipinski definition) is 1. The zero-order chi connectivity index (χ0) is 7.49. The van der Waals surface area contributed by atoms with Crippen molar-refractivity contribution in [3.05, 3.63) is 0 Å². The van der Waals surface area contributed by atoms with Crippen LogP contribution >= 0.6 is 24.4 Å². The molecule has 0 saturated heterocycles. The number of thioether (sulfide) groups is 1. The number of rotatable bonds is 3. The van der Waals surface area contributed by atoms with Crippen LogP contribution in [-0.2, 0) is 0 Å². The molecule has 1 atom stereocenters. The Hall–Kier alpha value is 0.700. The minimum atomic E-state index is 0.0637. The van der Waals surface area contributed by atoms with Gasteiger partial charge in [0.2, 0.25) is 0 Å². The van der Waals surface area contributed by atoms with Gasteiger partial charge in [-0.05, 0) is 13.3 Å². The quantitative estimate of drug-likeness (QED) is 0.614. The first-order valence-electron chi connectivity index (χ1n) is 3.36. The Labute approximate surface area is 68.2 Å². The first-order valence-corrected chi connectivity index (χ1v) is 4.65. The van der Waals surface area contributed by atoms with Crippen molar-refractivity contribution in [3.63, 3.8) is 0 Å². The smallest absolute Gasteiger partial charge is 0.0686 e. The Balaban J connectivity index is 3.58. The second-order valence-electron chi connectivity index (χ2n) is 2.65. The molecular weight excluding hydrogens is 148 g/mol. The highest BCUT2D eigenvalue weighted by Gasteiger charge is 2.18. The zero-order valence-electron chi connectivity index (χ0n) is 6.60. The van der Waals surface area contributed by atoms with Crippen LogP contribution in [0.25, 0.3) is 0 Å². The van der Waals surface area contributed by atoms with E-state index >= 15 is 0 Å². The lowest BCUT2D eigenvalue weighted by Gasteiger charge is -2.21. The second-order valence-corrected chi connectivity index (χ2v) is 5.89. The van der Waals surface area contributed by atoms with Gasteiger partial charge in [0.1, 0.15) is 0 Å². The van der Waals surface area contributed by atoms with Crippen molar-refractivity contribution in [1.82, 2.24) is 0 Å². The first kappa shape index (κ1) is 9.70. The third kappa shape index (κ3) is 5.16. The van der Waals surface area contributed by atoms with Crippen LogP contribution in [0.3, 0.4) is 0 Å². The maximum atomic E-state index is 5.28. The predicted octanol–water partition coefficient (Wildman–Crippen LogP) is 3.45. The van der Waals surface area contributed by atoms with E-state index in [1.54, 1.807) is 0 Å². The summed E-state index contributed by atoms with van der Waals surface area (Å²) in [4.78, 5) is 0. The van der Waals surface area contributed by atoms with Crippen molar-refractivity contribution >= 4 is 24.4 Å². The molecule has 0 fully saturated rings. The third-order valence-corrected chi connectivity index (χ3v) is 2.96. The highest BCUT2D eigenvalue weighted by molar-refractivity contribution is 8.11. The van der Waals surface area contributed by atoms with Crippen molar-refractivity contribution in [2.75, 3.05) is 0 Å². The van der Waals surface area contributed by atoms with Gasteiger partial charge in [-0.3, -0.25) is 0 Å². The van der Waals surface area contributed by atoms with E-state index in [0.717, 1.165) is 6.42 Å². The van der Waals surface area contributed by atoms with Crippen LogP contribution in [0.5, 0.6) is 0 Å². The molecule has 0 aromatic carbocycles. The summed E-state index contributed by atoms with van der Waals surface area (Å²) in [5.74, 6) is 0. The van der Waals surface area contributed by atoms with Gasteiger partial charge >= 0.3 is 0 Å². The molecule has 55 valence electrons. The topological polar surface area (TPSA) is 0 Å². The molecule has 1 unspecified atom stereocenters. The van der Waals surface area contributed by atoms with Crippen LogP contribution in [0, 0.1) is 0 Å². The summed E-state index contributed by atoms with van der Waals surface area (Å²) in [5, 5.41) is 0.660. The lowest BCUT2D eigenvalue weighted by atomic mass is 10.4. The SMILES string of the molecule is CCC(C)([S])SC(C)C. The van der Waals surface area contributed by atoms with Crippen LogP contribution in [0.1, 0.15) is 34.1 Å². The molecule has 0 spiro atoms. The van der Waals surface area contributed by atoms with E-state index in [4.69, 9.17) is 12.6 Å². The largest absolute Gasteiger partial charge is 0.141 e. The molecule has 2 heteroatoms. The molecule has 0 nitrogen and oxygen atoms in total. The number of hydrogen-bond donors (Lipinski definition) is 0. The fraction of sp³-hybridized carbons (Fsp3) is 1.00. The average Bonchev–Trinajstić information content (AvgIpc) is 1.63. The van der Waals surface area contributed by atoms with Crippen molar-refractivity contribution in [1.29, 1.82) is 0 Å². The maximum absolute atomic E-state index is 5.28. The fourth-order valence-corrected chi connectivity index (χ4v) is 2.32. The van der Waals surface area contributed by atoms with Crippen molar-refractivity contribution < 1.29 is 0 Å². The molecule has 0 saturated carbocycles. The van der Waals surface area contributed by atoms with Crippen LogP contribution in [0.2, 0.25) is 0 Å². The second kappa shape index (κ2) is 3.77. The highest BCUT2D eigenvalue weighted by Crippen LogP contribution is 2.34. The molecule has 0 N–H and O–H groups in total. The van der Waals surface area contributed by atoms with Gasteiger partial charge in [-0.2, -0.15) is 0 Å². The van der Waals surface area contributed by atoms with E-state index in [0.29, 0.717) is 5.25 Å². The van der Waals surface area contributed by atoms with Gasteiger partial charge in [-0.25, -0.2) is 0 Å².